The third-order valence-electron chi connectivity index (χ3n) is 2.84. The Hall–Kier alpha value is -1.55. The third-order valence-corrected chi connectivity index (χ3v) is 3.27. The standard InChI is InChI=1S/C15H14Cl2N2O/c16-12-6-11(7-13(17)8-12)15(20)19-9-14(18)10-4-2-1-3-5-10/h1-8,14H,9,18H2,(H,19,20). The molecule has 0 aliphatic carbocycles. The van der Waals surface area contributed by atoms with Crippen molar-refractivity contribution in [2.75, 3.05) is 6.54 Å². The largest absolute Gasteiger partial charge is 0.350 e. The molecule has 1 unspecified atom stereocenters. The Bertz CT molecular complexity index is 582. The molecule has 104 valence electrons. The monoisotopic (exact) mass is 308 g/mol. The maximum atomic E-state index is 12.0. The summed E-state index contributed by atoms with van der Waals surface area (Å²) in [5.41, 5.74) is 7.40. The molecular weight excluding hydrogens is 295 g/mol. The highest BCUT2D eigenvalue weighted by atomic mass is 35.5. The fourth-order valence-corrected chi connectivity index (χ4v) is 2.33. The molecule has 20 heavy (non-hydrogen) atoms. The summed E-state index contributed by atoms with van der Waals surface area (Å²) in [5, 5.41) is 3.62. The van der Waals surface area contributed by atoms with Gasteiger partial charge in [0.2, 0.25) is 0 Å². The first-order valence-electron chi connectivity index (χ1n) is 6.11. The molecule has 0 spiro atoms. The van der Waals surface area contributed by atoms with E-state index in [0.717, 1.165) is 5.56 Å². The third kappa shape index (κ3) is 3.97. The lowest BCUT2D eigenvalue weighted by Crippen LogP contribution is -2.31. The maximum absolute atomic E-state index is 12.0. The number of hydrogen-bond donors (Lipinski definition) is 2. The van der Waals surface area contributed by atoms with Gasteiger partial charge in [0, 0.05) is 28.2 Å². The lowest BCUT2D eigenvalue weighted by molar-refractivity contribution is 0.0951. The minimum atomic E-state index is -0.255. The average molecular weight is 309 g/mol. The van der Waals surface area contributed by atoms with Crippen LogP contribution in [-0.4, -0.2) is 12.5 Å². The van der Waals surface area contributed by atoms with E-state index in [9.17, 15) is 4.79 Å². The van der Waals surface area contributed by atoms with Crippen LogP contribution in [0.15, 0.2) is 48.5 Å². The van der Waals surface area contributed by atoms with Crippen LogP contribution >= 0.6 is 23.2 Å². The van der Waals surface area contributed by atoms with Crippen LogP contribution in [0, 0.1) is 0 Å². The second-order valence-corrected chi connectivity index (χ2v) is 5.26. The molecule has 5 heteroatoms. The van der Waals surface area contributed by atoms with Gasteiger partial charge in [-0.2, -0.15) is 0 Å². The number of hydrogen-bond acceptors (Lipinski definition) is 2. The van der Waals surface area contributed by atoms with Gasteiger partial charge in [-0.15, -0.1) is 0 Å². The summed E-state index contributed by atoms with van der Waals surface area (Å²) in [7, 11) is 0. The number of rotatable bonds is 4. The summed E-state index contributed by atoms with van der Waals surface area (Å²) in [5.74, 6) is -0.249. The van der Waals surface area contributed by atoms with Crippen molar-refractivity contribution in [3.63, 3.8) is 0 Å². The van der Waals surface area contributed by atoms with Crippen molar-refractivity contribution in [1.29, 1.82) is 0 Å². The van der Waals surface area contributed by atoms with Crippen molar-refractivity contribution in [2.45, 2.75) is 6.04 Å². The van der Waals surface area contributed by atoms with Crippen LogP contribution in [0.3, 0.4) is 0 Å². The highest BCUT2D eigenvalue weighted by Gasteiger charge is 2.10. The number of benzene rings is 2. The number of carbonyl (C=O) groups excluding carboxylic acids is 1. The van der Waals surface area contributed by atoms with Gasteiger partial charge in [-0.25, -0.2) is 0 Å². The molecule has 2 rings (SSSR count). The van der Waals surface area contributed by atoms with Crippen LogP contribution in [0.4, 0.5) is 0 Å². The molecule has 2 aromatic rings. The smallest absolute Gasteiger partial charge is 0.251 e. The second-order valence-electron chi connectivity index (χ2n) is 4.39. The van der Waals surface area contributed by atoms with Gasteiger partial charge in [0.05, 0.1) is 0 Å². The number of amides is 1. The average Bonchev–Trinajstić information content (AvgIpc) is 2.44. The number of carbonyl (C=O) groups is 1. The topological polar surface area (TPSA) is 55.1 Å². The van der Waals surface area contributed by atoms with E-state index in [0.29, 0.717) is 22.2 Å². The van der Waals surface area contributed by atoms with Crippen LogP contribution in [0.5, 0.6) is 0 Å². The van der Waals surface area contributed by atoms with Gasteiger partial charge in [-0.1, -0.05) is 53.5 Å². The van der Waals surface area contributed by atoms with Gasteiger partial charge in [0.25, 0.3) is 5.91 Å². The van der Waals surface area contributed by atoms with E-state index >= 15 is 0 Å². The van der Waals surface area contributed by atoms with E-state index in [-0.39, 0.29) is 11.9 Å². The van der Waals surface area contributed by atoms with Gasteiger partial charge < -0.3 is 11.1 Å². The molecule has 0 saturated heterocycles. The molecular formula is C15H14Cl2N2O. The molecule has 0 saturated carbocycles. The lowest BCUT2D eigenvalue weighted by atomic mass is 10.1. The van der Waals surface area contributed by atoms with Crippen LogP contribution < -0.4 is 11.1 Å². The second kappa shape index (κ2) is 6.75. The molecule has 3 nitrogen and oxygen atoms in total. The van der Waals surface area contributed by atoms with Gasteiger partial charge in [-0.3, -0.25) is 4.79 Å². The van der Waals surface area contributed by atoms with Crippen LogP contribution in [0.2, 0.25) is 10.0 Å². The molecule has 0 heterocycles. The normalized spacial score (nSPS) is 11.9. The zero-order valence-electron chi connectivity index (χ0n) is 10.6. The van der Waals surface area contributed by atoms with Crippen molar-refractivity contribution >= 4 is 29.1 Å². The molecule has 1 atom stereocenters. The van der Waals surface area contributed by atoms with Crippen molar-refractivity contribution in [3.8, 4) is 0 Å². The van der Waals surface area contributed by atoms with Gasteiger partial charge in [-0.05, 0) is 23.8 Å². The Morgan fingerprint density at radius 2 is 1.70 bits per heavy atom. The molecule has 0 aliphatic rings. The summed E-state index contributed by atoms with van der Waals surface area (Å²) in [4.78, 5) is 12.0. The van der Waals surface area contributed by atoms with Gasteiger partial charge >= 0.3 is 0 Å². The predicted octanol–water partition coefficient (Wildman–Crippen LogP) is 3.42. The molecule has 3 N–H and O–H groups in total. The van der Waals surface area contributed by atoms with Crippen molar-refractivity contribution in [2.24, 2.45) is 5.73 Å². The van der Waals surface area contributed by atoms with Crippen LogP contribution in [-0.2, 0) is 0 Å². The molecule has 0 fully saturated rings. The molecule has 2 aromatic carbocycles. The quantitative estimate of drug-likeness (QED) is 0.909. The first-order chi connectivity index (χ1) is 9.56. The van der Waals surface area contributed by atoms with Crippen LogP contribution in [0.25, 0.3) is 0 Å². The Morgan fingerprint density at radius 1 is 1.10 bits per heavy atom. The molecule has 1 amide bonds. The van der Waals surface area contributed by atoms with E-state index in [1.807, 2.05) is 30.3 Å². The van der Waals surface area contributed by atoms with E-state index in [2.05, 4.69) is 5.32 Å². The number of halogens is 2. The fourth-order valence-electron chi connectivity index (χ4n) is 1.81. The van der Waals surface area contributed by atoms with E-state index < -0.39 is 0 Å². The maximum Gasteiger partial charge on any atom is 0.251 e. The summed E-state index contributed by atoms with van der Waals surface area (Å²) in [6.45, 7) is 0.340. The van der Waals surface area contributed by atoms with E-state index in [4.69, 9.17) is 28.9 Å². The van der Waals surface area contributed by atoms with E-state index in [1.165, 1.54) is 0 Å². The number of nitrogens with one attached hydrogen (secondary N) is 1. The first kappa shape index (κ1) is 14.9. The number of nitrogens with two attached hydrogens (primary N) is 1. The Morgan fingerprint density at radius 3 is 2.30 bits per heavy atom. The highest BCUT2D eigenvalue weighted by molar-refractivity contribution is 6.35. The minimum Gasteiger partial charge on any atom is -0.350 e. The Labute approximate surface area is 127 Å². The fraction of sp³-hybridized carbons (Fsp3) is 0.133. The molecule has 0 radical (unpaired) electrons. The zero-order chi connectivity index (χ0) is 14.5. The van der Waals surface area contributed by atoms with Gasteiger partial charge in [0.15, 0.2) is 0 Å². The van der Waals surface area contributed by atoms with Crippen molar-refractivity contribution in [1.82, 2.24) is 5.32 Å². The zero-order valence-corrected chi connectivity index (χ0v) is 12.2. The molecule has 0 bridgehead atoms. The Kier molecular flexibility index (Phi) is 5.01. The summed E-state index contributed by atoms with van der Waals surface area (Å²) < 4.78 is 0. The summed E-state index contributed by atoms with van der Waals surface area (Å²) >= 11 is 11.7. The highest BCUT2D eigenvalue weighted by Crippen LogP contribution is 2.19. The summed E-state index contributed by atoms with van der Waals surface area (Å²) in [6, 6.07) is 14.0. The first-order valence-corrected chi connectivity index (χ1v) is 6.86. The summed E-state index contributed by atoms with van der Waals surface area (Å²) in [6.07, 6.45) is 0. The Balaban J connectivity index is 1.98. The van der Waals surface area contributed by atoms with Crippen LogP contribution in [0.1, 0.15) is 22.0 Å². The predicted molar refractivity (Wildman–Crippen MR) is 82.2 cm³/mol. The molecule has 0 aliphatic heterocycles. The minimum absolute atomic E-state index is 0.249. The lowest BCUT2D eigenvalue weighted by Gasteiger charge is -2.13. The van der Waals surface area contributed by atoms with Crippen molar-refractivity contribution in [3.05, 3.63) is 69.7 Å². The SMILES string of the molecule is NC(CNC(=O)c1cc(Cl)cc(Cl)c1)c1ccccc1. The molecule has 0 aromatic heterocycles. The van der Waals surface area contributed by atoms with Crippen molar-refractivity contribution < 1.29 is 4.79 Å². The van der Waals surface area contributed by atoms with E-state index in [1.54, 1.807) is 18.2 Å². The van der Waals surface area contributed by atoms with Gasteiger partial charge in [0.1, 0.15) is 0 Å².